The zero-order chi connectivity index (χ0) is 12.8. The Bertz CT molecular complexity index is 361. The van der Waals surface area contributed by atoms with E-state index < -0.39 is 23.7 Å². The summed E-state index contributed by atoms with van der Waals surface area (Å²) in [4.78, 5) is 10.9. The van der Waals surface area contributed by atoms with Gasteiger partial charge in [-0.1, -0.05) is 12.2 Å². The van der Waals surface area contributed by atoms with Crippen molar-refractivity contribution in [3.8, 4) is 0 Å². The summed E-state index contributed by atoms with van der Waals surface area (Å²) < 4.78 is 44.1. The highest BCUT2D eigenvalue weighted by Crippen LogP contribution is 2.53. The predicted molar refractivity (Wildman–Crippen MR) is 55.1 cm³/mol. The van der Waals surface area contributed by atoms with Crippen molar-refractivity contribution >= 4 is 5.97 Å². The molecule has 0 spiro atoms. The van der Waals surface area contributed by atoms with Gasteiger partial charge in [0, 0.05) is 12.8 Å². The second kappa shape index (κ2) is 3.75. The van der Waals surface area contributed by atoms with E-state index in [0.29, 0.717) is 6.42 Å². The van der Waals surface area contributed by atoms with Crippen molar-refractivity contribution in [1.82, 2.24) is 0 Å². The van der Waals surface area contributed by atoms with Crippen LogP contribution in [0.5, 0.6) is 0 Å². The van der Waals surface area contributed by atoms with E-state index in [0.717, 1.165) is 20.3 Å². The number of rotatable bonds is 2. The lowest BCUT2D eigenvalue weighted by molar-refractivity contribution is -0.282. The molecule has 1 fully saturated rings. The van der Waals surface area contributed by atoms with Gasteiger partial charge in [-0.2, -0.15) is 13.2 Å². The van der Waals surface area contributed by atoms with Crippen molar-refractivity contribution in [3.63, 3.8) is 0 Å². The lowest BCUT2D eigenvalue weighted by Crippen LogP contribution is -2.53. The van der Waals surface area contributed by atoms with Gasteiger partial charge in [-0.3, -0.25) is 4.79 Å². The molecule has 0 aliphatic heterocycles. The molecule has 0 aromatic heterocycles. The molecule has 0 heterocycles. The molecule has 0 saturated heterocycles. The molecule has 4 atom stereocenters. The van der Waals surface area contributed by atoms with E-state index in [9.17, 15) is 18.0 Å². The molecule has 2 aliphatic rings. The van der Waals surface area contributed by atoms with Gasteiger partial charge in [0.15, 0.2) is 0 Å². The van der Waals surface area contributed by atoms with Crippen LogP contribution in [0.4, 0.5) is 13.2 Å². The second-order valence-corrected chi connectivity index (χ2v) is 5.09. The number of esters is 1. The molecule has 2 aliphatic carbocycles. The summed E-state index contributed by atoms with van der Waals surface area (Å²) in [6.45, 7) is 2.01. The fourth-order valence-electron chi connectivity index (χ4n) is 3.06. The van der Waals surface area contributed by atoms with E-state index in [-0.39, 0.29) is 11.8 Å². The molecule has 0 radical (unpaired) electrons. The molecule has 0 aromatic carbocycles. The normalized spacial score (nSPS) is 34.8. The van der Waals surface area contributed by atoms with Gasteiger partial charge in [0.2, 0.25) is 5.60 Å². The highest BCUT2D eigenvalue weighted by atomic mass is 19.4. The third-order valence-corrected chi connectivity index (χ3v) is 3.91. The molecule has 2 rings (SSSR count). The highest BCUT2D eigenvalue weighted by Gasteiger charge is 2.62. The lowest BCUT2D eigenvalue weighted by atomic mass is 9.79. The van der Waals surface area contributed by atoms with Crippen LogP contribution in [0.3, 0.4) is 0 Å². The Morgan fingerprint density at radius 1 is 1.29 bits per heavy atom. The molecule has 96 valence electrons. The smallest absolute Gasteiger partial charge is 0.428 e. The zero-order valence-corrected chi connectivity index (χ0v) is 9.75. The van der Waals surface area contributed by atoms with Gasteiger partial charge in [0.05, 0.1) is 0 Å². The Kier molecular flexibility index (Phi) is 2.75. The van der Waals surface area contributed by atoms with E-state index in [2.05, 4.69) is 4.74 Å². The van der Waals surface area contributed by atoms with Gasteiger partial charge >= 0.3 is 12.1 Å². The van der Waals surface area contributed by atoms with Gasteiger partial charge in [-0.15, -0.1) is 0 Å². The van der Waals surface area contributed by atoms with Crippen molar-refractivity contribution in [2.24, 2.45) is 17.8 Å². The van der Waals surface area contributed by atoms with Crippen LogP contribution in [0, 0.1) is 17.8 Å². The van der Waals surface area contributed by atoms with Crippen LogP contribution in [0.1, 0.15) is 26.7 Å². The number of alkyl halides is 3. The van der Waals surface area contributed by atoms with Crippen molar-refractivity contribution in [1.29, 1.82) is 0 Å². The lowest BCUT2D eigenvalue weighted by Gasteiger charge is -2.39. The monoisotopic (exact) mass is 248 g/mol. The van der Waals surface area contributed by atoms with Gasteiger partial charge in [-0.25, -0.2) is 0 Å². The number of hydrogen-bond acceptors (Lipinski definition) is 2. The van der Waals surface area contributed by atoms with Crippen LogP contribution in [-0.2, 0) is 9.53 Å². The van der Waals surface area contributed by atoms with Crippen LogP contribution in [0.2, 0.25) is 0 Å². The first-order chi connectivity index (χ1) is 7.74. The standard InChI is InChI=1S/C12H15F3O2/c1-7(16)17-11(2,12(13,14)15)10-6-8-3-4-9(10)5-8/h3-4,8-10H,5-6H2,1-2H3. The minimum atomic E-state index is -4.53. The Morgan fingerprint density at radius 2 is 1.94 bits per heavy atom. The zero-order valence-electron chi connectivity index (χ0n) is 9.75. The maximum Gasteiger partial charge on any atom is 0.428 e. The molecule has 17 heavy (non-hydrogen) atoms. The Hall–Kier alpha value is -1.00. The fourth-order valence-corrected chi connectivity index (χ4v) is 3.06. The summed E-state index contributed by atoms with van der Waals surface area (Å²) in [7, 11) is 0. The molecule has 2 nitrogen and oxygen atoms in total. The number of fused-ring (bicyclic) bond motifs is 2. The Balaban J connectivity index is 2.28. The number of hydrogen-bond donors (Lipinski definition) is 0. The van der Waals surface area contributed by atoms with Crippen LogP contribution in [0.15, 0.2) is 12.2 Å². The van der Waals surface area contributed by atoms with Crippen molar-refractivity contribution in [2.75, 3.05) is 0 Å². The van der Waals surface area contributed by atoms with Gasteiger partial charge in [-0.05, 0) is 31.6 Å². The van der Waals surface area contributed by atoms with Crippen LogP contribution in [0.25, 0.3) is 0 Å². The van der Waals surface area contributed by atoms with E-state index in [1.807, 2.05) is 12.2 Å². The maximum absolute atomic E-state index is 13.1. The summed E-state index contributed by atoms with van der Waals surface area (Å²) in [5, 5.41) is 0. The van der Waals surface area contributed by atoms with E-state index in [1.54, 1.807) is 0 Å². The third kappa shape index (κ3) is 1.96. The molecule has 0 N–H and O–H groups in total. The largest absolute Gasteiger partial charge is 0.450 e. The Labute approximate surface area is 97.8 Å². The van der Waals surface area contributed by atoms with E-state index in [1.165, 1.54) is 0 Å². The fraction of sp³-hybridized carbons (Fsp3) is 0.750. The predicted octanol–water partition coefficient (Wildman–Crippen LogP) is 3.08. The van der Waals surface area contributed by atoms with E-state index >= 15 is 0 Å². The minimum absolute atomic E-state index is 0.119. The maximum atomic E-state index is 13.1. The molecule has 5 heteroatoms. The number of carbonyl (C=O) groups excluding carboxylic acids is 1. The minimum Gasteiger partial charge on any atom is -0.450 e. The summed E-state index contributed by atoms with van der Waals surface area (Å²) in [5.41, 5.74) is -2.36. The molecule has 0 aromatic rings. The topological polar surface area (TPSA) is 26.3 Å². The number of ether oxygens (including phenoxy) is 1. The van der Waals surface area contributed by atoms with Crippen LogP contribution >= 0.6 is 0 Å². The molecular weight excluding hydrogens is 233 g/mol. The van der Waals surface area contributed by atoms with Crippen molar-refractivity contribution in [2.45, 2.75) is 38.5 Å². The molecule has 4 unspecified atom stereocenters. The SMILES string of the molecule is CC(=O)OC(C)(C1CC2C=CC1C2)C(F)(F)F. The number of carbonyl (C=O) groups is 1. The third-order valence-electron chi connectivity index (χ3n) is 3.91. The molecular formula is C12H15F3O2. The summed E-state index contributed by atoms with van der Waals surface area (Å²) >= 11 is 0. The highest BCUT2D eigenvalue weighted by molar-refractivity contribution is 5.66. The number of halogens is 3. The van der Waals surface area contributed by atoms with Crippen molar-refractivity contribution in [3.05, 3.63) is 12.2 Å². The summed E-state index contributed by atoms with van der Waals surface area (Å²) in [6.07, 6.45) is 0.460. The Morgan fingerprint density at radius 3 is 2.29 bits per heavy atom. The van der Waals surface area contributed by atoms with Crippen LogP contribution in [-0.4, -0.2) is 17.7 Å². The summed E-state index contributed by atoms with van der Waals surface area (Å²) in [6, 6.07) is 0. The first-order valence-electron chi connectivity index (χ1n) is 5.68. The first kappa shape index (κ1) is 12.5. The van der Waals surface area contributed by atoms with Gasteiger partial charge in [0.1, 0.15) is 0 Å². The van der Waals surface area contributed by atoms with E-state index in [4.69, 9.17) is 0 Å². The molecule has 1 saturated carbocycles. The summed E-state index contributed by atoms with van der Waals surface area (Å²) in [5.74, 6) is -1.44. The van der Waals surface area contributed by atoms with Crippen LogP contribution < -0.4 is 0 Å². The average Bonchev–Trinajstić information content (AvgIpc) is 2.75. The molecule has 2 bridgehead atoms. The second-order valence-electron chi connectivity index (χ2n) is 5.09. The van der Waals surface area contributed by atoms with Gasteiger partial charge in [0.25, 0.3) is 0 Å². The first-order valence-corrected chi connectivity index (χ1v) is 5.68. The van der Waals surface area contributed by atoms with Crippen molar-refractivity contribution < 1.29 is 22.7 Å². The average molecular weight is 248 g/mol. The molecule has 0 amide bonds. The number of allylic oxidation sites excluding steroid dienone is 2. The quantitative estimate of drug-likeness (QED) is 0.554. The van der Waals surface area contributed by atoms with Gasteiger partial charge < -0.3 is 4.74 Å².